The Kier molecular flexibility index (Phi) is 4.90. The van der Waals surface area contributed by atoms with E-state index in [-0.39, 0.29) is 18.1 Å². The highest BCUT2D eigenvalue weighted by molar-refractivity contribution is 9.10. The van der Waals surface area contributed by atoms with Gasteiger partial charge in [0.2, 0.25) is 5.91 Å². The monoisotopic (exact) mass is 332 g/mol. The van der Waals surface area contributed by atoms with E-state index in [0.717, 1.165) is 10.0 Å². The lowest BCUT2D eigenvalue weighted by Gasteiger charge is -2.01. The summed E-state index contributed by atoms with van der Waals surface area (Å²) in [6.45, 7) is 0. The van der Waals surface area contributed by atoms with Crippen molar-refractivity contribution < 1.29 is 9.90 Å². The van der Waals surface area contributed by atoms with Gasteiger partial charge in [-0.05, 0) is 23.8 Å². The van der Waals surface area contributed by atoms with E-state index in [2.05, 4.69) is 26.5 Å². The van der Waals surface area contributed by atoms with Crippen LogP contribution in [0, 0.1) is 0 Å². The second kappa shape index (κ2) is 6.86. The van der Waals surface area contributed by atoms with E-state index < -0.39 is 0 Å². The number of hydrogen-bond donors (Lipinski definition) is 2. The van der Waals surface area contributed by atoms with E-state index in [0.29, 0.717) is 5.56 Å². The molecule has 0 saturated carbocycles. The van der Waals surface area contributed by atoms with Crippen molar-refractivity contribution >= 4 is 28.1 Å². The number of carbonyl (C=O) groups is 1. The first-order valence-electron chi connectivity index (χ1n) is 5.99. The Labute approximate surface area is 125 Å². The highest BCUT2D eigenvalue weighted by Crippen LogP contribution is 2.19. The van der Waals surface area contributed by atoms with Crippen LogP contribution in [-0.2, 0) is 11.2 Å². The summed E-state index contributed by atoms with van der Waals surface area (Å²) >= 11 is 3.30. The van der Waals surface area contributed by atoms with E-state index in [1.165, 1.54) is 6.21 Å². The van der Waals surface area contributed by atoms with Crippen molar-refractivity contribution in [1.82, 2.24) is 5.43 Å². The lowest BCUT2D eigenvalue weighted by molar-refractivity contribution is -0.120. The van der Waals surface area contributed by atoms with Gasteiger partial charge in [0.1, 0.15) is 5.75 Å². The largest absolute Gasteiger partial charge is 0.507 e. The van der Waals surface area contributed by atoms with Gasteiger partial charge in [0, 0.05) is 10.0 Å². The first-order valence-corrected chi connectivity index (χ1v) is 6.79. The number of nitrogens with one attached hydrogen (secondary N) is 1. The summed E-state index contributed by atoms with van der Waals surface area (Å²) in [4.78, 5) is 11.7. The van der Waals surface area contributed by atoms with Crippen LogP contribution in [0.1, 0.15) is 11.1 Å². The summed E-state index contributed by atoms with van der Waals surface area (Å²) in [5.41, 5.74) is 3.88. The number of rotatable bonds is 4. The van der Waals surface area contributed by atoms with Crippen molar-refractivity contribution in [2.45, 2.75) is 6.42 Å². The van der Waals surface area contributed by atoms with E-state index in [1.54, 1.807) is 18.2 Å². The van der Waals surface area contributed by atoms with Gasteiger partial charge in [-0.15, -0.1) is 0 Å². The molecule has 0 aliphatic heterocycles. The molecule has 0 fully saturated rings. The van der Waals surface area contributed by atoms with Gasteiger partial charge in [-0.25, -0.2) is 5.43 Å². The lowest BCUT2D eigenvalue weighted by Crippen LogP contribution is -2.19. The van der Waals surface area contributed by atoms with Crippen molar-refractivity contribution in [1.29, 1.82) is 0 Å². The summed E-state index contributed by atoms with van der Waals surface area (Å²) in [5, 5.41) is 13.4. The number of aromatic hydroxyl groups is 1. The summed E-state index contributed by atoms with van der Waals surface area (Å²) in [7, 11) is 0. The quantitative estimate of drug-likeness (QED) is 0.668. The number of phenols is 1. The Morgan fingerprint density at radius 2 is 2.00 bits per heavy atom. The van der Waals surface area contributed by atoms with Crippen LogP contribution in [-0.4, -0.2) is 17.2 Å². The maximum atomic E-state index is 11.7. The summed E-state index contributed by atoms with van der Waals surface area (Å²) < 4.78 is 0.826. The van der Waals surface area contributed by atoms with Crippen molar-refractivity contribution in [2.75, 3.05) is 0 Å². The molecule has 0 radical (unpaired) electrons. The van der Waals surface area contributed by atoms with Crippen molar-refractivity contribution in [3.8, 4) is 5.75 Å². The molecular weight excluding hydrogens is 320 g/mol. The maximum Gasteiger partial charge on any atom is 0.244 e. The number of benzene rings is 2. The Morgan fingerprint density at radius 3 is 2.75 bits per heavy atom. The third kappa shape index (κ3) is 4.20. The average molecular weight is 333 g/mol. The summed E-state index contributed by atoms with van der Waals surface area (Å²) in [6, 6.07) is 14.4. The molecule has 0 atom stereocenters. The minimum atomic E-state index is -0.207. The maximum absolute atomic E-state index is 11.7. The molecule has 102 valence electrons. The highest BCUT2D eigenvalue weighted by atomic mass is 79.9. The fraction of sp³-hybridized carbons (Fsp3) is 0.0667. The molecule has 4 nitrogen and oxygen atoms in total. The molecule has 0 spiro atoms. The molecule has 2 aromatic rings. The molecule has 0 unspecified atom stereocenters. The van der Waals surface area contributed by atoms with E-state index in [4.69, 9.17) is 0 Å². The van der Waals surface area contributed by atoms with E-state index >= 15 is 0 Å². The molecule has 1 amide bonds. The van der Waals surface area contributed by atoms with Crippen molar-refractivity contribution in [3.05, 3.63) is 64.1 Å². The first-order chi connectivity index (χ1) is 9.65. The predicted molar refractivity (Wildman–Crippen MR) is 81.7 cm³/mol. The molecule has 2 rings (SSSR count). The minimum absolute atomic E-state index is 0.106. The lowest BCUT2D eigenvalue weighted by atomic mass is 10.1. The molecule has 0 aromatic heterocycles. The van der Waals surface area contributed by atoms with E-state index in [9.17, 15) is 9.90 Å². The molecule has 2 N–H and O–H groups in total. The Hall–Kier alpha value is -2.14. The molecular formula is C15H13BrN2O2. The Morgan fingerprint density at radius 1 is 1.25 bits per heavy atom. The smallest absolute Gasteiger partial charge is 0.244 e. The van der Waals surface area contributed by atoms with Gasteiger partial charge in [0.25, 0.3) is 0 Å². The van der Waals surface area contributed by atoms with Crippen LogP contribution in [0.15, 0.2) is 58.1 Å². The van der Waals surface area contributed by atoms with Gasteiger partial charge in [-0.3, -0.25) is 4.79 Å². The van der Waals surface area contributed by atoms with Gasteiger partial charge >= 0.3 is 0 Å². The number of carbonyl (C=O) groups excluding carboxylic acids is 1. The van der Waals surface area contributed by atoms with Crippen molar-refractivity contribution in [3.63, 3.8) is 0 Å². The standard InChI is InChI=1S/C15H13BrN2O2/c16-13-6-7-14(19)12(9-13)10-17-18-15(20)8-11-4-2-1-3-5-11/h1-7,9-10,19H,8H2,(H,18,20)/b17-10-. The zero-order chi connectivity index (χ0) is 14.4. The number of nitrogens with zero attached hydrogens (tertiary/aromatic N) is 1. The molecule has 0 aliphatic rings. The second-order valence-corrected chi connectivity index (χ2v) is 5.07. The van der Waals surface area contributed by atoms with Gasteiger partial charge < -0.3 is 5.11 Å². The number of hydrazone groups is 1. The summed E-state index contributed by atoms with van der Waals surface area (Å²) in [5.74, 6) is -0.101. The first kappa shape index (κ1) is 14.3. The Balaban J connectivity index is 1.93. The van der Waals surface area contributed by atoms with Crippen LogP contribution < -0.4 is 5.43 Å². The molecule has 0 bridgehead atoms. The van der Waals surface area contributed by atoms with Crippen LogP contribution in [0.25, 0.3) is 0 Å². The van der Waals surface area contributed by atoms with E-state index in [1.807, 2.05) is 30.3 Å². The van der Waals surface area contributed by atoms with Gasteiger partial charge in [-0.1, -0.05) is 46.3 Å². The van der Waals surface area contributed by atoms with Gasteiger partial charge in [0.15, 0.2) is 0 Å². The highest BCUT2D eigenvalue weighted by Gasteiger charge is 2.02. The SMILES string of the molecule is O=C(Cc1ccccc1)N/N=C\c1cc(Br)ccc1O. The Bertz CT molecular complexity index is 627. The third-order valence-corrected chi connectivity index (χ3v) is 3.08. The molecule has 5 heteroatoms. The molecule has 0 heterocycles. The summed E-state index contributed by atoms with van der Waals surface area (Å²) in [6.07, 6.45) is 1.67. The topological polar surface area (TPSA) is 61.7 Å². The zero-order valence-corrected chi connectivity index (χ0v) is 12.2. The van der Waals surface area contributed by atoms with Gasteiger partial charge in [-0.2, -0.15) is 5.10 Å². The number of hydrogen-bond acceptors (Lipinski definition) is 3. The van der Waals surface area contributed by atoms with Crippen LogP contribution in [0.4, 0.5) is 0 Å². The third-order valence-electron chi connectivity index (χ3n) is 2.59. The molecule has 0 aliphatic carbocycles. The molecule has 2 aromatic carbocycles. The average Bonchev–Trinajstić information content (AvgIpc) is 2.44. The fourth-order valence-electron chi connectivity index (χ4n) is 1.62. The van der Waals surface area contributed by atoms with Crippen LogP contribution in [0.3, 0.4) is 0 Å². The molecule has 0 saturated heterocycles. The minimum Gasteiger partial charge on any atom is -0.507 e. The molecule has 20 heavy (non-hydrogen) atoms. The number of halogens is 1. The zero-order valence-electron chi connectivity index (χ0n) is 10.6. The normalized spacial score (nSPS) is 10.7. The van der Waals surface area contributed by atoms with Crippen LogP contribution in [0.5, 0.6) is 5.75 Å². The van der Waals surface area contributed by atoms with Gasteiger partial charge in [0.05, 0.1) is 12.6 Å². The number of amides is 1. The van der Waals surface area contributed by atoms with Crippen LogP contribution in [0.2, 0.25) is 0 Å². The second-order valence-electron chi connectivity index (χ2n) is 4.16. The predicted octanol–water partition coefficient (Wildman–Crippen LogP) is 2.85. The number of phenolic OH excluding ortho intramolecular Hbond substituents is 1. The van der Waals surface area contributed by atoms with Crippen molar-refractivity contribution in [2.24, 2.45) is 5.10 Å². The van der Waals surface area contributed by atoms with Crippen LogP contribution >= 0.6 is 15.9 Å². The fourth-order valence-corrected chi connectivity index (χ4v) is 2.00.